The topological polar surface area (TPSA) is 42.2 Å². The van der Waals surface area contributed by atoms with Gasteiger partial charge in [0.25, 0.3) is 5.91 Å². The van der Waals surface area contributed by atoms with Gasteiger partial charge in [0.2, 0.25) is 0 Å². The highest BCUT2D eigenvalue weighted by molar-refractivity contribution is 7.10. The summed E-state index contributed by atoms with van der Waals surface area (Å²) < 4.78 is 5.48. The second-order valence-electron chi connectivity index (χ2n) is 5.38. The van der Waals surface area contributed by atoms with Crippen molar-refractivity contribution >= 4 is 17.2 Å². The Balaban J connectivity index is 1.70. The molecule has 0 atom stereocenters. The number of carbonyl (C=O) groups excluding carboxylic acids is 1. The van der Waals surface area contributed by atoms with Gasteiger partial charge in [-0.15, -0.1) is 11.3 Å². The second-order valence-corrected chi connectivity index (χ2v) is 6.34. The van der Waals surface area contributed by atoms with Crippen LogP contribution in [0.25, 0.3) is 0 Å². The fourth-order valence-corrected chi connectivity index (χ4v) is 3.94. The van der Waals surface area contributed by atoms with E-state index in [4.69, 9.17) is 4.42 Å². The highest BCUT2D eigenvalue weighted by atomic mass is 32.1. The first kappa shape index (κ1) is 13.4. The lowest BCUT2D eigenvalue weighted by Crippen LogP contribution is -2.24. The standard InChI is InChI=1S/C16H19NO2S/c1-10-7-12(11(2)19-10)8-17-16(18)14-9-20-15-6-4-3-5-13(14)15/h7,9H,3-6,8H2,1-2H3,(H,17,18). The number of amides is 1. The Bertz CT molecular complexity index is 639. The van der Waals surface area contributed by atoms with E-state index in [1.807, 2.05) is 25.3 Å². The number of hydrogen-bond acceptors (Lipinski definition) is 3. The van der Waals surface area contributed by atoms with Crippen molar-refractivity contribution in [2.24, 2.45) is 0 Å². The number of fused-ring (bicyclic) bond motifs is 1. The van der Waals surface area contributed by atoms with E-state index in [1.54, 1.807) is 11.3 Å². The van der Waals surface area contributed by atoms with Gasteiger partial charge in [0, 0.05) is 22.4 Å². The van der Waals surface area contributed by atoms with E-state index in [1.165, 1.54) is 23.3 Å². The van der Waals surface area contributed by atoms with Crippen molar-refractivity contribution in [1.29, 1.82) is 0 Å². The average molecular weight is 289 g/mol. The minimum absolute atomic E-state index is 0.0441. The SMILES string of the molecule is Cc1cc(CNC(=O)c2csc3c2CCCC3)c(C)o1. The van der Waals surface area contributed by atoms with Gasteiger partial charge in [-0.05, 0) is 51.2 Å². The zero-order valence-corrected chi connectivity index (χ0v) is 12.7. The molecule has 4 heteroatoms. The third-order valence-corrected chi connectivity index (χ3v) is 4.98. The summed E-state index contributed by atoms with van der Waals surface area (Å²) in [5.74, 6) is 1.82. The van der Waals surface area contributed by atoms with Gasteiger partial charge < -0.3 is 9.73 Å². The molecule has 0 bridgehead atoms. The lowest BCUT2D eigenvalue weighted by molar-refractivity contribution is 0.0950. The summed E-state index contributed by atoms with van der Waals surface area (Å²) in [6, 6.07) is 1.98. The minimum Gasteiger partial charge on any atom is -0.466 e. The quantitative estimate of drug-likeness (QED) is 0.934. The van der Waals surface area contributed by atoms with Crippen LogP contribution in [0, 0.1) is 13.8 Å². The summed E-state index contributed by atoms with van der Waals surface area (Å²) in [4.78, 5) is 13.7. The van der Waals surface area contributed by atoms with Crippen molar-refractivity contribution in [2.75, 3.05) is 0 Å². The van der Waals surface area contributed by atoms with Gasteiger partial charge in [-0.3, -0.25) is 4.79 Å². The van der Waals surface area contributed by atoms with Crippen LogP contribution in [0.3, 0.4) is 0 Å². The van der Waals surface area contributed by atoms with E-state index in [9.17, 15) is 4.79 Å². The molecule has 3 rings (SSSR count). The van der Waals surface area contributed by atoms with E-state index >= 15 is 0 Å². The Labute approximate surface area is 123 Å². The van der Waals surface area contributed by atoms with Crippen LogP contribution >= 0.6 is 11.3 Å². The van der Waals surface area contributed by atoms with E-state index < -0.39 is 0 Å². The molecule has 106 valence electrons. The molecule has 3 nitrogen and oxygen atoms in total. The third kappa shape index (κ3) is 2.52. The molecule has 1 aliphatic rings. The van der Waals surface area contributed by atoms with Crippen LogP contribution in [0.4, 0.5) is 0 Å². The summed E-state index contributed by atoms with van der Waals surface area (Å²) >= 11 is 1.73. The van der Waals surface area contributed by atoms with Gasteiger partial charge in [0.05, 0.1) is 5.56 Å². The molecule has 0 aromatic carbocycles. The van der Waals surface area contributed by atoms with Crippen LogP contribution in [0.5, 0.6) is 0 Å². The molecule has 0 spiro atoms. The van der Waals surface area contributed by atoms with Gasteiger partial charge in [-0.1, -0.05) is 0 Å². The van der Waals surface area contributed by atoms with Crippen molar-refractivity contribution in [2.45, 2.75) is 46.1 Å². The molecule has 20 heavy (non-hydrogen) atoms. The van der Waals surface area contributed by atoms with Gasteiger partial charge in [0.15, 0.2) is 0 Å². The first-order chi connectivity index (χ1) is 9.65. The molecule has 1 aliphatic carbocycles. The molecular weight excluding hydrogens is 270 g/mol. The van der Waals surface area contributed by atoms with Gasteiger partial charge in [-0.25, -0.2) is 0 Å². The van der Waals surface area contributed by atoms with Gasteiger partial charge in [-0.2, -0.15) is 0 Å². The van der Waals surface area contributed by atoms with E-state index in [0.717, 1.165) is 35.5 Å². The lowest BCUT2D eigenvalue weighted by Gasteiger charge is -2.12. The molecule has 0 radical (unpaired) electrons. The van der Waals surface area contributed by atoms with Crippen LogP contribution in [0.1, 0.15) is 50.7 Å². The van der Waals surface area contributed by atoms with E-state index in [0.29, 0.717) is 6.54 Å². The molecule has 0 saturated heterocycles. The van der Waals surface area contributed by atoms with E-state index in [-0.39, 0.29) is 5.91 Å². The molecule has 0 fully saturated rings. The molecule has 2 aromatic rings. The Kier molecular flexibility index (Phi) is 3.66. The Morgan fingerprint density at radius 2 is 2.15 bits per heavy atom. The molecule has 2 aromatic heterocycles. The minimum atomic E-state index is 0.0441. The fraction of sp³-hybridized carbons (Fsp3) is 0.438. The maximum absolute atomic E-state index is 12.3. The van der Waals surface area contributed by atoms with Crippen molar-refractivity contribution in [3.63, 3.8) is 0 Å². The second kappa shape index (κ2) is 5.44. The smallest absolute Gasteiger partial charge is 0.252 e. The highest BCUT2D eigenvalue weighted by Gasteiger charge is 2.20. The zero-order valence-electron chi connectivity index (χ0n) is 11.9. The largest absolute Gasteiger partial charge is 0.466 e. The zero-order chi connectivity index (χ0) is 14.1. The number of rotatable bonds is 3. The molecular formula is C16H19NO2S. The first-order valence-corrected chi connectivity index (χ1v) is 7.96. The Morgan fingerprint density at radius 3 is 2.90 bits per heavy atom. The first-order valence-electron chi connectivity index (χ1n) is 7.08. The average Bonchev–Trinajstić information content (AvgIpc) is 2.99. The number of nitrogens with one attached hydrogen (secondary N) is 1. The lowest BCUT2D eigenvalue weighted by atomic mass is 9.95. The monoisotopic (exact) mass is 289 g/mol. The maximum Gasteiger partial charge on any atom is 0.252 e. The van der Waals surface area contributed by atoms with Crippen LogP contribution in [0.2, 0.25) is 0 Å². The van der Waals surface area contributed by atoms with Crippen molar-refractivity contribution in [3.05, 3.63) is 44.5 Å². The summed E-state index contributed by atoms with van der Waals surface area (Å²) in [5, 5.41) is 5.03. The molecule has 0 unspecified atom stereocenters. The van der Waals surface area contributed by atoms with Crippen molar-refractivity contribution in [1.82, 2.24) is 5.32 Å². The van der Waals surface area contributed by atoms with Crippen LogP contribution in [-0.2, 0) is 19.4 Å². The van der Waals surface area contributed by atoms with Gasteiger partial charge >= 0.3 is 0 Å². The van der Waals surface area contributed by atoms with Crippen LogP contribution < -0.4 is 5.32 Å². The molecule has 1 N–H and O–H groups in total. The predicted octanol–water partition coefficient (Wildman–Crippen LogP) is 3.77. The summed E-state index contributed by atoms with van der Waals surface area (Å²) in [5.41, 5.74) is 3.21. The highest BCUT2D eigenvalue weighted by Crippen LogP contribution is 2.30. The summed E-state index contributed by atoms with van der Waals surface area (Å²) in [6.45, 7) is 4.39. The number of carbonyl (C=O) groups is 1. The Morgan fingerprint density at radius 1 is 1.35 bits per heavy atom. The number of hydrogen-bond donors (Lipinski definition) is 1. The molecule has 0 aliphatic heterocycles. The van der Waals surface area contributed by atoms with Crippen molar-refractivity contribution < 1.29 is 9.21 Å². The molecule has 0 saturated carbocycles. The van der Waals surface area contributed by atoms with Gasteiger partial charge in [0.1, 0.15) is 11.5 Å². The van der Waals surface area contributed by atoms with E-state index in [2.05, 4.69) is 5.32 Å². The number of thiophene rings is 1. The van der Waals surface area contributed by atoms with Crippen LogP contribution in [0.15, 0.2) is 15.9 Å². The molecule has 2 heterocycles. The number of aryl methyl sites for hydroxylation is 3. The fourth-order valence-electron chi connectivity index (χ4n) is 2.81. The maximum atomic E-state index is 12.3. The third-order valence-electron chi connectivity index (χ3n) is 3.89. The van der Waals surface area contributed by atoms with Crippen LogP contribution in [-0.4, -0.2) is 5.91 Å². The summed E-state index contributed by atoms with van der Waals surface area (Å²) in [7, 11) is 0. The normalized spacial score (nSPS) is 14.1. The summed E-state index contributed by atoms with van der Waals surface area (Å²) in [6.07, 6.45) is 4.63. The van der Waals surface area contributed by atoms with Crippen molar-refractivity contribution in [3.8, 4) is 0 Å². The Hall–Kier alpha value is -1.55. The predicted molar refractivity (Wildman–Crippen MR) is 80.3 cm³/mol. The number of furan rings is 1. The molecule has 1 amide bonds.